The molecule has 0 amide bonds. The molecule has 0 radical (unpaired) electrons. The van der Waals surface area contributed by atoms with E-state index in [0.717, 1.165) is 18.8 Å². The van der Waals surface area contributed by atoms with Gasteiger partial charge in [0.05, 0.1) is 6.42 Å². The van der Waals surface area contributed by atoms with Crippen LogP contribution in [0.4, 0.5) is 0 Å². The molecular weight excluding hydrogens is 178 g/mol. The molecule has 82 valence electrons. The molecule has 2 N–H and O–H groups in total. The van der Waals surface area contributed by atoms with Crippen LogP contribution in [-0.2, 0) is 9.53 Å². The fourth-order valence-corrected chi connectivity index (χ4v) is 1.97. The minimum absolute atomic E-state index is 0.139. The Kier molecular flexibility index (Phi) is 4.39. The van der Waals surface area contributed by atoms with Crippen LogP contribution in [0.2, 0.25) is 0 Å². The lowest BCUT2D eigenvalue weighted by atomic mass is 9.80. The molecule has 0 aliphatic heterocycles. The number of carbonyl (C=O) groups is 1. The number of esters is 1. The number of carbonyl (C=O) groups excluding carboxylic acids is 1. The molecule has 3 nitrogen and oxygen atoms in total. The molecule has 14 heavy (non-hydrogen) atoms. The van der Waals surface area contributed by atoms with Crippen molar-refractivity contribution < 1.29 is 9.53 Å². The number of nitrogens with two attached hydrogens (primary N) is 1. The highest BCUT2D eigenvalue weighted by atomic mass is 16.5. The van der Waals surface area contributed by atoms with Crippen molar-refractivity contribution in [2.45, 2.75) is 45.6 Å². The van der Waals surface area contributed by atoms with Gasteiger partial charge in [-0.1, -0.05) is 13.8 Å². The molecule has 3 unspecified atom stereocenters. The monoisotopic (exact) mass is 199 g/mol. The first-order valence-corrected chi connectivity index (χ1v) is 5.53. The summed E-state index contributed by atoms with van der Waals surface area (Å²) in [5, 5.41) is 0. The fraction of sp³-hybridized carbons (Fsp3) is 0.909. The maximum Gasteiger partial charge on any atom is 0.307 e. The van der Waals surface area contributed by atoms with Gasteiger partial charge in [0.25, 0.3) is 0 Å². The third-order valence-corrected chi connectivity index (χ3v) is 3.20. The average Bonchev–Trinajstić information content (AvgIpc) is 2.12. The van der Waals surface area contributed by atoms with Gasteiger partial charge in [-0.15, -0.1) is 0 Å². The second-order valence-electron chi connectivity index (χ2n) is 4.42. The number of hydrogen-bond acceptors (Lipinski definition) is 3. The zero-order chi connectivity index (χ0) is 10.6. The third-order valence-electron chi connectivity index (χ3n) is 3.20. The average molecular weight is 199 g/mol. The van der Waals surface area contributed by atoms with E-state index in [4.69, 9.17) is 10.5 Å². The molecule has 1 saturated carbocycles. The van der Waals surface area contributed by atoms with E-state index in [1.165, 1.54) is 6.42 Å². The van der Waals surface area contributed by atoms with E-state index in [9.17, 15) is 4.79 Å². The predicted molar refractivity (Wildman–Crippen MR) is 55.7 cm³/mol. The zero-order valence-corrected chi connectivity index (χ0v) is 9.16. The van der Waals surface area contributed by atoms with Crippen molar-refractivity contribution in [1.29, 1.82) is 0 Å². The minimum Gasteiger partial charge on any atom is -0.462 e. The Labute approximate surface area is 86.0 Å². The van der Waals surface area contributed by atoms with Gasteiger partial charge in [-0.3, -0.25) is 4.79 Å². The largest absolute Gasteiger partial charge is 0.462 e. The molecule has 0 saturated heterocycles. The van der Waals surface area contributed by atoms with Gasteiger partial charge in [0, 0.05) is 6.54 Å². The Morgan fingerprint density at radius 2 is 2.07 bits per heavy atom. The van der Waals surface area contributed by atoms with Crippen LogP contribution in [0.25, 0.3) is 0 Å². The van der Waals surface area contributed by atoms with Crippen LogP contribution >= 0.6 is 0 Å². The van der Waals surface area contributed by atoms with E-state index < -0.39 is 0 Å². The third kappa shape index (κ3) is 3.29. The van der Waals surface area contributed by atoms with Crippen molar-refractivity contribution in [1.82, 2.24) is 0 Å². The van der Waals surface area contributed by atoms with Crippen molar-refractivity contribution >= 4 is 5.97 Å². The zero-order valence-electron chi connectivity index (χ0n) is 9.16. The van der Waals surface area contributed by atoms with Crippen molar-refractivity contribution in [2.75, 3.05) is 6.54 Å². The van der Waals surface area contributed by atoms with Gasteiger partial charge in [-0.25, -0.2) is 0 Å². The van der Waals surface area contributed by atoms with E-state index in [-0.39, 0.29) is 12.1 Å². The normalized spacial score (nSPS) is 32.6. The van der Waals surface area contributed by atoms with E-state index in [2.05, 4.69) is 13.8 Å². The Morgan fingerprint density at radius 1 is 1.36 bits per heavy atom. The molecule has 1 aliphatic carbocycles. The summed E-state index contributed by atoms with van der Waals surface area (Å²) >= 11 is 0. The lowest BCUT2D eigenvalue weighted by molar-refractivity contribution is -0.151. The highest BCUT2D eigenvalue weighted by molar-refractivity contribution is 5.69. The minimum atomic E-state index is -0.140. The van der Waals surface area contributed by atoms with Crippen LogP contribution in [0.5, 0.6) is 0 Å². The predicted octanol–water partition coefficient (Wildman–Crippen LogP) is 1.70. The van der Waals surface area contributed by atoms with Gasteiger partial charge in [0.1, 0.15) is 6.10 Å². The van der Waals surface area contributed by atoms with Crippen LogP contribution in [0.3, 0.4) is 0 Å². The van der Waals surface area contributed by atoms with E-state index in [1.807, 2.05) is 0 Å². The quantitative estimate of drug-likeness (QED) is 0.704. The van der Waals surface area contributed by atoms with Gasteiger partial charge in [0.15, 0.2) is 0 Å². The van der Waals surface area contributed by atoms with Crippen molar-refractivity contribution in [3.63, 3.8) is 0 Å². The molecule has 0 aromatic heterocycles. The second kappa shape index (κ2) is 5.35. The number of ether oxygens (including phenoxy) is 1. The van der Waals surface area contributed by atoms with Gasteiger partial charge in [0.2, 0.25) is 0 Å². The molecule has 0 bridgehead atoms. The first-order chi connectivity index (χ1) is 6.63. The van der Waals surface area contributed by atoms with Crippen LogP contribution < -0.4 is 5.73 Å². The first kappa shape index (κ1) is 11.5. The second-order valence-corrected chi connectivity index (χ2v) is 4.42. The van der Waals surface area contributed by atoms with E-state index >= 15 is 0 Å². The number of rotatable bonds is 3. The van der Waals surface area contributed by atoms with Crippen molar-refractivity contribution in [2.24, 2.45) is 17.6 Å². The summed E-state index contributed by atoms with van der Waals surface area (Å²) in [5.41, 5.74) is 5.28. The molecule has 0 aromatic rings. The van der Waals surface area contributed by atoms with Gasteiger partial charge in [-0.05, 0) is 31.1 Å². The number of hydrogen-bond donors (Lipinski definition) is 1. The fourth-order valence-electron chi connectivity index (χ4n) is 1.97. The SMILES string of the molecule is CC1CCC(OC(=O)CCN)CC1C. The summed E-state index contributed by atoms with van der Waals surface area (Å²) in [5.74, 6) is 1.29. The Morgan fingerprint density at radius 3 is 2.64 bits per heavy atom. The van der Waals surface area contributed by atoms with Crippen molar-refractivity contribution in [3.8, 4) is 0 Å². The highest BCUT2D eigenvalue weighted by Crippen LogP contribution is 2.30. The molecule has 1 aliphatic rings. The molecule has 0 aromatic carbocycles. The van der Waals surface area contributed by atoms with Crippen LogP contribution in [0, 0.1) is 11.8 Å². The van der Waals surface area contributed by atoms with Crippen LogP contribution in [0.15, 0.2) is 0 Å². The standard InChI is InChI=1S/C11H21NO2/c1-8-3-4-10(7-9(8)2)14-11(13)5-6-12/h8-10H,3-7,12H2,1-2H3. The van der Waals surface area contributed by atoms with E-state index in [1.54, 1.807) is 0 Å². The van der Waals surface area contributed by atoms with Gasteiger partial charge < -0.3 is 10.5 Å². The summed E-state index contributed by atoms with van der Waals surface area (Å²) in [6.45, 7) is 4.88. The molecule has 0 heterocycles. The van der Waals surface area contributed by atoms with E-state index in [0.29, 0.717) is 18.9 Å². The molecule has 1 rings (SSSR count). The molecule has 3 atom stereocenters. The lowest BCUT2D eigenvalue weighted by Gasteiger charge is -2.31. The van der Waals surface area contributed by atoms with Crippen molar-refractivity contribution in [3.05, 3.63) is 0 Å². The van der Waals surface area contributed by atoms with Gasteiger partial charge >= 0.3 is 5.97 Å². The first-order valence-electron chi connectivity index (χ1n) is 5.53. The Bertz CT molecular complexity index is 194. The maximum atomic E-state index is 11.2. The maximum absolute atomic E-state index is 11.2. The smallest absolute Gasteiger partial charge is 0.307 e. The summed E-state index contributed by atoms with van der Waals surface area (Å²) in [6, 6.07) is 0. The Hall–Kier alpha value is -0.570. The van der Waals surface area contributed by atoms with Crippen LogP contribution in [-0.4, -0.2) is 18.6 Å². The topological polar surface area (TPSA) is 52.3 Å². The summed E-state index contributed by atoms with van der Waals surface area (Å²) in [4.78, 5) is 11.2. The summed E-state index contributed by atoms with van der Waals surface area (Å²) in [7, 11) is 0. The summed E-state index contributed by atoms with van der Waals surface area (Å²) in [6.07, 6.45) is 3.68. The van der Waals surface area contributed by atoms with Crippen LogP contribution in [0.1, 0.15) is 39.5 Å². The highest BCUT2D eigenvalue weighted by Gasteiger charge is 2.26. The molecule has 1 fully saturated rings. The molecule has 3 heteroatoms. The Balaban J connectivity index is 2.29. The lowest BCUT2D eigenvalue weighted by Crippen LogP contribution is -2.29. The molecular formula is C11H21NO2. The summed E-state index contributed by atoms with van der Waals surface area (Å²) < 4.78 is 5.33. The molecule has 0 spiro atoms. The van der Waals surface area contributed by atoms with Gasteiger partial charge in [-0.2, -0.15) is 0 Å².